The topological polar surface area (TPSA) is 95.9 Å². The van der Waals surface area contributed by atoms with Gasteiger partial charge in [0.2, 0.25) is 5.91 Å². The molecule has 1 atom stereocenters. The minimum atomic E-state index is -1.12. The number of carboxylic acids is 1. The number of carbonyl (C=O) groups is 3. The summed E-state index contributed by atoms with van der Waals surface area (Å²) in [5, 5.41) is 11.2. The molecule has 0 bridgehead atoms. The molecule has 1 heterocycles. The van der Waals surface area contributed by atoms with E-state index in [0.29, 0.717) is 21.6 Å². The standard InChI is InChI=1S/C23H22N2O5S2/c1-15(22(28)29)24-20(26)10-11-25-21(27)19(32-23(25)31)13-17-8-5-9-18(12-17)30-14-16-6-3-2-4-7-16/h2-9,12-13,15H,10-11,14H2,1H3,(H,24,26)(H,28,29)/b19-13-. The number of thiocarbonyl (C=S) groups is 1. The molecule has 1 unspecified atom stereocenters. The number of nitrogens with zero attached hydrogens (tertiary/aromatic N) is 1. The number of ether oxygens (including phenoxy) is 1. The van der Waals surface area contributed by atoms with E-state index in [2.05, 4.69) is 5.32 Å². The van der Waals surface area contributed by atoms with Gasteiger partial charge in [0.1, 0.15) is 22.7 Å². The number of rotatable bonds is 9. The highest BCUT2D eigenvalue weighted by atomic mass is 32.2. The first-order chi connectivity index (χ1) is 15.3. The van der Waals surface area contributed by atoms with E-state index in [1.165, 1.54) is 23.6 Å². The first kappa shape index (κ1) is 23.5. The van der Waals surface area contributed by atoms with Crippen molar-refractivity contribution in [1.29, 1.82) is 0 Å². The molecule has 2 aromatic rings. The summed E-state index contributed by atoms with van der Waals surface area (Å²) in [6.07, 6.45) is 1.70. The molecule has 2 aromatic carbocycles. The lowest BCUT2D eigenvalue weighted by Gasteiger charge is -2.15. The van der Waals surface area contributed by atoms with Crippen LogP contribution in [-0.2, 0) is 21.0 Å². The maximum absolute atomic E-state index is 12.8. The molecule has 2 amide bonds. The predicted octanol–water partition coefficient (Wildman–Crippen LogP) is 3.45. The van der Waals surface area contributed by atoms with E-state index in [-0.39, 0.29) is 18.9 Å². The number of carbonyl (C=O) groups excluding carboxylic acids is 2. The molecular formula is C23H22N2O5S2. The zero-order valence-electron chi connectivity index (χ0n) is 17.3. The second-order valence-electron chi connectivity index (χ2n) is 7.06. The molecule has 1 aliphatic rings. The monoisotopic (exact) mass is 470 g/mol. The Kier molecular flexibility index (Phi) is 8.02. The van der Waals surface area contributed by atoms with Crippen molar-refractivity contribution in [3.8, 4) is 5.75 Å². The lowest BCUT2D eigenvalue weighted by molar-refractivity contribution is -0.141. The van der Waals surface area contributed by atoms with E-state index in [0.717, 1.165) is 11.1 Å². The molecule has 1 saturated heterocycles. The molecule has 32 heavy (non-hydrogen) atoms. The smallest absolute Gasteiger partial charge is 0.325 e. The lowest BCUT2D eigenvalue weighted by atomic mass is 10.2. The fourth-order valence-electron chi connectivity index (χ4n) is 2.87. The second kappa shape index (κ2) is 10.9. The van der Waals surface area contributed by atoms with Gasteiger partial charge in [-0.3, -0.25) is 19.3 Å². The highest BCUT2D eigenvalue weighted by molar-refractivity contribution is 8.26. The third-order valence-electron chi connectivity index (χ3n) is 4.59. The molecule has 0 aromatic heterocycles. The van der Waals surface area contributed by atoms with E-state index >= 15 is 0 Å². The molecule has 0 spiro atoms. The lowest BCUT2D eigenvalue weighted by Crippen LogP contribution is -2.40. The zero-order valence-corrected chi connectivity index (χ0v) is 18.9. The van der Waals surface area contributed by atoms with Crippen molar-refractivity contribution in [2.45, 2.75) is 26.0 Å². The maximum Gasteiger partial charge on any atom is 0.325 e. The number of carboxylic acid groups (broad SMARTS) is 1. The van der Waals surface area contributed by atoms with E-state index in [4.69, 9.17) is 22.1 Å². The van der Waals surface area contributed by atoms with Crippen molar-refractivity contribution in [2.75, 3.05) is 6.54 Å². The summed E-state index contributed by atoms with van der Waals surface area (Å²) in [5.74, 6) is -1.18. The van der Waals surface area contributed by atoms with Crippen LogP contribution in [0.3, 0.4) is 0 Å². The Labute approximate surface area is 195 Å². The van der Waals surface area contributed by atoms with Gasteiger partial charge in [-0.05, 0) is 36.3 Å². The number of hydrogen-bond donors (Lipinski definition) is 2. The van der Waals surface area contributed by atoms with Crippen molar-refractivity contribution in [3.05, 3.63) is 70.6 Å². The van der Waals surface area contributed by atoms with E-state index in [1.807, 2.05) is 54.6 Å². The molecule has 3 rings (SSSR count). The van der Waals surface area contributed by atoms with Crippen molar-refractivity contribution in [1.82, 2.24) is 10.2 Å². The van der Waals surface area contributed by atoms with Crippen LogP contribution < -0.4 is 10.1 Å². The molecule has 1 fully saturated rings. The molecule has 166 valence electrons. The van der Waals surface area contributed by atoms with Crippen LogP contribution in [0.1, 0.15) is 24.5 Å². The van der Waals surface area contributed by atoms with Crippen LogP contribution in [0, 0.1) is 0 Å². The molecule has 0 aliphatic carbocycles. The van der Waals surface area contributed by atoms with Crippen molar-refractivity contribution < 1.29 is 24.2 Å². The first-order valence-corrected chi connectivity index (χ1v) is 11.1. The van der Waals surface area contributed by atoms with Crippen molar-refractivity contribution >= 4 is 52.2 Å². The molecular weight excluding hydrogens is 448 g/mol. The summed E-state index contributed by atoms with van der Waals surface area (Å²) in [5.41, 5.74) is 1.85. The minimum Gasteiger partial charge on any atom is -0.489 e. The Morgan fingerprint density at radius 3 is 2.69 bits per heavy atom. The SMILES string of the molecule is CC(NC(=O)CCN1C(=O)/C(=C/c2cccc(OCc3ccccc3)c2)SC1=S)C(=O)O. The van der Waals surface area contributed by atoms with Gasteiger partial charge in [-0.1, -0.05) is 66.4 Å². The fraction of sp³-hybridized carbons (Fsp3) is 0.217. The van der Waals surface area contributed by atoms with Crippen LogP contribution >= 0.6 is 24.0 Å². The summed E-state index contributed by atoms with van der Waals surface area (Å²) < 4.78 is 6.19. The van der Waals surface area contributed by atoms with Gasteiger partial charge in [0, 0.05) is 13.0 Å². The van der Waals surface area contributed by atoms with Crippen LogP contribution in [0.25, 0.3) is 6.08 Å². The Hall–Kier alpha value is -3.17. The van der Waals surface area contributed by atoms with Crippen LogP contribution in [0.2, 0.25) is 0 Å². The average molecular weight is 471 g/mol. The highest BCUT2D eigenvalue weighted by Gasteiger charge is 2.32. The number of aliphatic carboxylic acids is 1. The Morgan fingerprint density at radius 1 is 1.22 bits per heavy atom. The quantitative estimate of drug-likeness (QED) is 0.428. The van der Waals surface area contributed by atoms with E-state index in [9.17, 15) is 14.4 Å². The number of nitrogens with one attached hydrogen (secondary N) is 1. The molecule has 0 radical (unpaired) electrons. The van der Waals surface area contributed by atoms with Crippen LogP contribution in [-0.4, -0.2) is 44.7 Å². The molecule has 0 saturated carbocycles. The van der Waals surface area contributed by atoms with E-state index < -0.39 is 17.9 Å². The van der Waals surface area contributed by atoms with Gasteiger partial charge in [0.15, 0.2) is 0 Å². The Morgan fingerprint density at radius 2 is 1.97 bits per heavy atom. The Bertz CT molecular complexity index is 1060. The third-order valence-corrected chi connectivity index (χ3v) is 5.97. The van der Waals surface area contributed by atoms with E-state index in [1.54, 1.807) is 6.08 Å². The number of benzene rings is 2. The van der Waals surface area contributed by atoms with Crippen LogP contribution in [0.4, 0.5) is 0 Å². The summed E-state index contributed by atoms with van der Waals surface area (Å²) in [6, 6.07) is 16.2. The first-order valence-electron chi connectivity index (χ1n) is 9.88. The number of hydrogen-bond acceptors (Lipinski definition) is 6. The van der Waals surface area contributed by atoms with Crippen LogP contribution in [0.5, 0.6) is 5.75 Å². The van der Waals surface area contributed by atoms with Gasteiger partial charge >= 0.3 is 5.97 Å². The highest BCUT2D eigenvalue weighted by Crippen LogP contribution is 2.33. The van der Waals surface area contributed by atoms with Crippen molar-refractivity contribution in [2.24, 2.45) is 0 Å². The molecule has 1 aliphatic heterocycles. The fourth-order valence-corrected chi connectivity index (χ4v) is 4.18. The second-order valence-corrected chi connectivity index (χ2v) is 8.73. The molecule has 9 heteroatoms. The number of thioether (sulfide) groups is 1. The maximum atomic E-state index is 12.8. The third kappa shape index (κ3) is 6.41. The van der Waals surface area contributed by atoms with Gasteiger partial charge in [-0.2, -0.15) is 0 Å². The predicted molar refractivity (Wildman–Crippen MR) is 127 cm³/mol. The Balaban J connectivity index is 1.60. The number of amides is 2. The van der Waals surface area contributed by atoms with Gasteiger partial charge in [0.05, 0.1) is 4.91 Å². The normalized spacial score (nSPS) is 15.7. The molecule has 2 N–H and O–H groups in total. The minimum absolute atomic E-state index is 0.0415. The largest absolute Gasteiger partial charge is 0.489 e. The summed E-state index contributed by atoms with van der Waals surface area (Å²) in [6.45, 7) is 1.90. The average Bonchev–Trinajstić information content (AvgIpc) is 3.04. The van der Waals surface area contributed by atoms with Gasteiger partial charge in [0.25, 0.3) is 5.91 Å². The van der Waals surface area contributed by atoms with Gasteiger partial charge in [-0.15, -0.1) is 0 Å². The van der Waals surface area contributed by atoms with Crippen molar-refractivity contribution in [3.63, 3.8) is 0 Å². The molecule has 7 nitrogen and oxygen atoms in total. The summed E-state index contributed by atoms with van der Waals surface area (Å²) >= 11 is 6.46. The van der Waals surface area contributed by atoms with Gasteiger partial charge in [-0.25, -0.2) is 0 Å². The van der Waals surface area contributed by atoms with Crippen LogP contribution in [0.15, 0.2) is 59.5 Å². The zero-order chi connectivity index (χ0) is 23.1. The summed E-state index contributed by atoms with van der Waals surface area (Å²) in [7, 11) is 0. The van der Waals surface area contributed by atoms with Gasteiger partial charge < -0.3 is 15.2 Å². The summed E-state index contributed by atoms with van der Waals surface area (Å²) in [4.78, 5) is 37.3.